The van der Waals surface area contributed by atoms with Gasteiger partial charge in [-0.3, -0.25) is 39.1 Å². The molecule has 35 heavy (non-hydrogen) atoms. The van der Waals surface area contributed by atoms with Gasteiger partial charge in [0.15, 0.2) is 0 Å². The van der Waals surface area contributed by atoms with E-state index in [0.717, 1.165) is 6.07 Å². The molecule has 1 fully saturated rings. The molecule has 2 aliphatic rings. The number of imide groups is 1. The lowest BCUT2D eigenvalue weighted by atomic mass is 10.1. The third kappa shape index (κ3) is 5.03. The fourth-order valence-electron chi connectivity index (χ4n) is 3.95. The molecule has 2 heterocycles. The van der Waals surface area contributed by atoms with Gasteiger partial charge in [-0.15, -0.1) is 0 Å². The Labute approximate surface area is 200 Å². The van der Waals surface area contributed by atoms with Crippen LogP contribution in [0, 0.1) is 10.1 Å². The van der Waals surface area contributed by atoms with Crippen LogP contribution in [0.25, 0.3) is 0 Å². The first-order chi connectivity index (χ1) is 16.8. The van der Waals surface area contributed by atoms with Crippen LogP contribution in [0.5, 0.6) is 0 Å². The Morgan fingerprint density at radius 3 is 2.29 bits per heavy atom. The molecular weight excluding hydrogens is 458 g/mol. The van der Waals surface area contributed by atoms with Gasteiger partial charge in [-0.2, -0.15) is 0 Å². The monoisotopic (exact) mass is 481 g/mol. The maximum atomic E-state index is 12.8. The van der Waals surface area contributed by atoms with Gasteiger partial charge in [0.2, 0.25) is 11.8 Å². The Bertz CT molecular complexity index is 1190. The maximum absolute atomic E-state index is 12.8. The number of carbonyl (C=O) groups is 4. The fraction of sp³-hybridized carbons (Fsp3) is 0.304. The summed E-state index contributed by atoms with van der Waals surface area (Å²) >= 11 is 0. The summed E-state index contributed by atoms with van der Waals surface area (Å²) < 4.78 is 5.26. The van der Waals surface area contributed by atoms with Crippen molar-refractivity contribution >= 4 is 40.7 Å². The van der Waals surface area contributed by atoms with E-state index in [1.54, 1.807) is 24.3 Å². The van der Waals surface area contributed by atoms with E-state index in [1.807, 2.05) is 4.90 Å². The van der Waals surface area contributed by atoms with Crippen molar-refractivity contribution in [3.05, 3.63) is 63.7 Å². The quantitative estimate of drug-likeness (QED) is 0.343. The molecule has 12 heteroatoms. The average molecular weight is 481 g/mol. The number of hydrogen-bond acceptors (Lipinski definition) is 8. The van der Waals surface area contributed by atoms with Gasteiger partial charge in [-0.1, -0.05) is 6.07 Å². The van der Waals surface area contributed by atoms with Crippen LogP contribution < -0.4 is 10.6 Å². The highest BCUT2D eigenvalue weighted by atomic mass is 16.6. The minimum Gasteiger partial charge on any atom is -0.379 e. The lowest BCUT2D eigenvalue weighted by Gasteiger charge is -2.25. The van der Waals surface area contributed by atoms with Crippen LogP contribution in [-0.4, -0.2) is 77.2 Å². The second-order valence-corrected chi connectivity index (χ2v) is 8.12. The normalized spacial score (nSPS) is 16.5. The summed E-state index contributed by atoms with van der Waals surface area (Å²) in [7, 11) is 0. The maximum Gasteiger partial charge on any atom is 0.282 e. The number of nitro benzene ring substituents is 1. The van der Waals surface area contributed by atoms with Crippen LogP contribution in [0.2, 0.25) is 0 Å². The molecule has 0 aliphatic carbocycles. The summed E-state index contributed by atoms with van der Waals surface area (Å²) in [6.45, 7) is 4.18. The highest BCUT2D eigenvalue weighted by Crippen LogP contribution is 2.32. The largest absolute Gasteiger partial charge is 0.379 e. The molecule has 4 rings (SSSR count). The number of benzene rings is 2. The van der Waals surface area contributed by atoms with Crippen LogP contribution in [-0.2, 0) is 14.3 Å². The Kier molecular flexibility index (Phi) is 6.85. The van der Waals surface area contributed by atoms with Gasteiger partial charge >= 0.3 is 0 Å². The van der Waals surface area contributed by atoms with E-state index in [9.17, 15) is 29.3 Å². The number of nitro groups is 1. The number of nitrogens with one attached hydrogen (secondary N) is 2. The van der Waals surface area contributed by atoms with Gasteiger partial charge in [-0.25, -0.2) is 0 Å². The van der Waals surface area contributed by atoms with Crippen LogP contribution in [0.4, 0.5) is 17.1 Å². The molecule has 1 saturated heterocycles. The number of carbonyl (C=O) groups excluding carboxylic acids is 4. The smallest absolute Gasteiger partial charge is 0.282 e. The van der Waals surface area contributed by atoms with E-state index in [0.29, 0.717) is 42.6 Å². The predicted molar refractivity (Wildman–Crippen MR) is 124 cm³/mol. The summed E-state index contributed by atoms with van der Waals surface area (Å²) in [6.07, 6.45) is 0. The molecule has 2 aliphatic heterocycles. The zero-order valence-corrected chi connectivity index (χ0v) is 18.9. The van der Waals surface area contributed by atoms with Crippen molar-refractivity contribution in [2.45, 2.75) is 13.0 Å². The zero-order valence-electron chi connectivity index (χ0n) is 18.9. The molecule has 182 valence electrons. The van der Waals surface area contributed by atoms with Gasteiger partial charge in [0.05, 0.1) is 30.2 Å². The van der Waals surface area contributed by atoms with Crippen LogP contribution >= 0.6 is 0 Å². The minimum atomic E-state index is -1.21. The van der Waals surface area contributed by atoms with E-state index in [4.69, 9.17) is 4.74 Å². The second kappa shape index (κ2) is 9.99. The van der Waals surface area contributed by atoms with Crippen molar-refractivity contribution < 1.29 is 28.8 Å². The van der Waals surface area contributed by atoms with Gasteiger partial charge in [0.25, 0.3) is 17.5 Å². The SMILES string of the molecule is CC(C(=O)Nc1ccc(NC(=O)CN2CCOCC2)cc1)N1C(=O)c2cccc([N+](=O)[O-])c2C1=O. The minimum absolute atomic E-state index is 0.110. The topological polar surface area (TPSA) is 151 Å². The lowest BCUT2D eigenvalue weighted by Crippen LogP contribution is -2.45. The summed E-state index contributed by atoms with van der Waals surface area (Å²) in [5.74, 6) is -2.48. The molecule has 0 saturated carbocycles. The van der Waals surface area contributed by atoms with Crippen molar-refractivity contribution in [2.24, 2.45) is 0 Å². The predicted octanol–water partition coefficient (Wildman–Crippen LogP) is 1.49. The van der Waals surface area contributed by atoms with E-state index < -0.39 is 34.4 Å². The third-order valence-corrected chi connectivity index (χ3v) is 5.79. The van der Waals surface area contributed by atoms with Crippen molar-refractivity contribution in [2.75, 3.05) is 43.5 Å². The van der Waals surface area contributed by atoms with E-state index in [1.165, 1.54) is 19.1 Å². The first-order valence-corrected chi connectivity index (χ1v) is 10.9. The number of ether oxygens (including phenoxy) is 1. The fourth-order valence-corrected chi connectivity index (χ4v) is 3.95. The third-order valence-electron chi connectivity index (χ3n) is 5.79. The molecular formula is C23H23N5O7. The number of rotatable bonds is 7. The van der Waals surface area contributed by atoms with Crippen LogP contribution in [0.3, 0.4) is 0 Å². The Morgan fingerprint density at radius 2 is 1.66 bits per heavy atom. The number of amides is 4. The second-order valence-electron chi connectivity index (χ2n) is 8.12. The molecule has 2 N–H and O–H groups in total. The lowest BCUT2D eigenvalue weighted by molar-refractivity contribution is -0.385. The van der Waals surface area contributed by atoms with Crippen molar-refractivity contribution in [3.8, 4) is 0 Å². The van der Waals surface area contributed by atoms with E-state index in [-0.39, 0.29) is 23.6 Å². The van der Waals surface area contributed by atoms with Crippen LogP contribution in [0.15, 0.2) is 42.5 Å². The molecule has 0 bridgehead atoms. The first kappa shape index (κ1) is 24.0. The number of morpholine rings is 1. The number of hydrogen-bond donors (Lipinski definition) is 2. The number of nitrogens with zero attached hydrogens (tertiary/aromatic N) is 3. The number of anilines is 2. The van der Waals surface area contributed by atoms with Crippen molar-refractivity contribution in [3.63, 3.8) is 0 Å². The van der Waals surface area contributed by atoms with Crippen LogP contribution in [0.1, 0.15) is 27.6 Å². The van der Waals surface area contributed by atoms with E-state index in [2.05, 4.69) is 10.6 Å². The zero-order chi connectivity index (χ0) is 25.1. The molecule has 1 atom stereocenters. The summed E-state index contributed by atoms with van der Waals surface area (Å²) in [5, 5.41) is 16.7. The average Bonchev–Trinajstić information content (AvgIpc) is 3.10. The Balaban J connectivity index is 1.37. The highest BCUT2D eigenvalue weighted by molar-refractivity contribution is 6.24. The van der Waals surface area contributed by atoms with Gasteiger partial charge in [-0.05, 0) is 37.3 Å². The molecule has 1 unspecified atom stereocenters. The molecule has 0 spiro atoms. The van der Waals surface area contributed by atoms with Gasteiger partial charge < -0.3 is 15.4 Å². The highest BCUT2D eigenvalue weighted by Gasteiger charge is 2.44. The number of fused-ring (bicyclic) bond motifs is 1. The standard InChI is InChI=1S/C23H23N5O7/c1-14(27-22(31)17-3-2-4-18(28(33)34)20(17)23(27)32)21(30)25-16-7-5-15(6-8-16)24-19(29)13-26-9-11-35-12-10-26/h2-8,14H,9-13H2,1H3,(H,24,29)(H,25,30). The van der Waals surface area contributed by atoms with E-state index >= 15 is 0 Å². The van der Waals surface area contributed by atoms with Crippen molar-refractivity contribution in [1.82, 2.24) is 9.80 Å². The molecule has 0 aromatic heterocycles. The molecule has 2 aromatic rings. The summed E-state index contributed by atoms with van der Waals surface area (Å²) in [6, 6.07) is 8.93. The molecule has 2 aromatic carbocycles. The molecule has 12 nitrogen and oxygen atoms in total. The van der Waals surface area contributed by atoms with Gasteiger partial charge in [0, 0.05) is 30.5 Å². The summed E-state index contributed by atoms with van der Waals surface area (Å²) in [4.78, 5) is 63.7. The Morgan fingerprint density at radius 1 is 1.03 bits per heavy atom. The molecule has 0 radical (unpaired) electrons. The molecule has 4 amide bonds. The summed E-state index contributed by atoms with van der Waals surface area (Å²) in [5.41, 5.74) is 0.0140. The first-order valence-electron chi connectivity index (χ1n) is 10.9. The van der Waals surface area contributed by atoms with Crippen molar-refractivity contribution in [1.29, 1.82) is 0 Å². The van der Waals surface area contributed by atoms with Gasteiger partial charge in [0.1, 0.15) is 11.6 Å². The Hall–Kier alpha value is -4.16.